The summed E-state index contributed by atoms with van der Waals surface area (Å²) in [5.41, 5.74) is 4.03. The number of aromatic nitrogens is 2. The van der Waals surface area contributed by atoms with Crippen molar-refractivity contribution in [1.82, 2.24) is 9.78 Å². The standard InChI is InChI=1S/C21H22ClN3O/c1-2-3-7-16-10-12-17(13-11-16)19-14-20(23-21(26)15-22)25(24-19)18-8-5-4-6-9-18/h4-6,8-14H,2-3,7,15H2,1H3,(H,23,26). The van der Waals surface area contributed by atoms with E-state index in [1.54, 1.807) is 4.68 Å². The van der Waals surface area contributed by atoms with Crippen molar-refractivity contribution < 1.29 is 4.79 Å². The van der Waals surface area contributed by atoms with Crippen LogP contribution in [0.3, 0.4) is 0 Å². The normalized spacial score (nSPS) is 10.7. The fourth-order valence-corrected chi connectivity index (χ4v) is 2.84. The first-order chi connectivity index (χ1) is 12.7. The van der Waals surface area contributed by atoms with Crippen LogP contribution >= 0.6 is 11.6 Å². The molecule has 0 fully saturated rings. The van der Waals surface area contributed by atoms with Gasteiger partial charge in [0.25, 0.3) is 0 Å². The maximum Gasteiger partial charge on any atom is 0.240 e. The van der Waals surface area contributed by atoms with Gasteiger partial charge >= 0.3 is 0 Å². The lowest BCUT2D eigenvalue weighted by Gasteiger charge is -2.07. The zero-order chi connectivity index (χ0) is 18.4. The first-order valence-electron chi connectivity index (χ1n) is 8.82. The lowest BCUT2D eigenvalue weighted by Crippen LogP contribution is -2.15. The minimum absolute atomic E-state index is 0.0958. The summed E-state index contributed by atoms with van der Waals surface area (Å²) >= 11 is 5.64. The van der Waals surface area contributed by atoms with Crippen LogP contribution in [-0.2, 0) is 11.2 Å². The lowest BCUT2D eigenvalue weighted by atomic mass is 10.1. The molecule has 0 unspecified atom stereocenters. The number of hydrogen-bond donors (Lipinski definition) is 1. The molecule has 0 saturated carbocycles. The van der Waals surface area contributed by atoms with E-state index < -0.39 is 0 Å². The SMILES string of the molecule is CCCCc1ccc(-c2cc(NC(=O)CCl)n(-c3ccccc3)n2)cc1. The highest BCUT2D eigenvalue weighted by Gasteiger charge is 2.13. The Bertz CT molecular complexity index is 857. The smallest absolute Gasteiger partial charge is 0.240 e. The van der Waals surface area contributed by atoms with Gasteiger partial charge in [0.2, 0.25) is 5.91 Å². The summed E-state index contributed by atoms with van der Waals surface area (Å²) in [4.78, 5) is 11.8. The lowest BCUT2D eigenvalue weighted by molar-refractivity contribution is -0.114. The fourth-order valence-electron chi connectivity index (χ4n) is 2.78. The van der Waals surface area contributed by atoms with Crippen LogP contribution in [0, 0.1) is 0 Å². The molecule has 0 saturated heterocycles. The average Bonchev–Trinajstić information content (AvgIpc) is 3.11. The molecule has 4 nitrogen and oxygen atoms in total. The van der Waals surface area contributed by atoms with E-state index in [0.717, 1.165) is 23.4 Å². The second-order valence-corrected chi connectivity index (χ2v) is 6.41. The van der Waals surface area contributed by atoms with Crippen molar-refractivity contribution in [2.24, 2.45) is 0 Å². The topological polar surface area (TPSA) is 46.9 Å². The molecule has 1 N–H and O–H groups in total. The van der Waals surface area contributed by atoms with Gasteiger partial charge in [-0.25, -0.2) is 4.68 Å². The van der Waals surface area contributed by atoms with E-state index in [4.69, 9.17) is 11.6 Å². The number of hydrogen-bond acceptors (Lipinski definition) is 2. The Balaban J connectivity index is 1.94. The second kappa shape index (κ2) is 8.68. The molecule has 0 spiro atoms. The van der Waals surface area contributed by atoms with Gasteiger partial charge < -0.3 is 5.32 Å². The van der Waals surface area contributed by atoms with Gasteiger partial charge in [0.05, 0.1) is 11.4 Å². The van der Waals surface area contributed by atoms with Crippen molar-refractivity contribution in [3.8, 4) is 16.9 Å². The van der Waals surface area contributed by atoms with Crippen LogP contribution in [0.2, 0.25) is 0 Å². The van der Waals surface area contributed by atoms with Crippen molar-refractivity contribution in [1.29, 1.82) is 0 Å². The van der Waals surface area contributed by atoms with E-state index >= 15 is 0 Å². The largest absolute Gasteiger partial charge is 0.310 e. The van der Waals surface area contributed by atoms with Gasteiger partial charge in [0.1, 0.15) is 11.7 Å². The van der Waals surface area contributed by atoms with Gasteiger partial charge in [0.15, 0.2) is 0 Å². The quantitative estimate of drug-likeness (QED) is 0.593. The van der Waals surface area contributed by atoms with E-state index in [2.05, 4.69) is 41.6 Å². The number of alkyl halides is 1. The first kappa shape index (κ1) is 18.2. The Hall–Kier alpha value is -2.59. The minimum atomic E-state index is -0.259. The number of para-hydroxylation sites is 1. The number of nitrogens with zero attached hydrogens (tertiary/aromatic N) is 2. The molecule has 26 heavy (non-hydrogen) atoms. The highest BCUT2D eigenvalue weighted by molar-refractivity contribution is 6.29. The monoisotopic (exact) mass is 367 g/mol. The summed E-state index contributed by atoms with van der Waals surface area (Å²) in [6.07, 6.45) is 3.47. The number of rotatable bonds is 7. The van der Waals surface area contributed by atoms with Crippen molar-refractivity contribution >= 4 is 23.3 Å². The average molecular weight is 368 g/mol. The van der Waals surface area contributed by atoms with Gasteiger partial charge in [-0.2, -0.15) is 5.10 Å². The van der Waals surface area contributed by atoms with Crippen molar-refractivity contribution in [2.75, 3.05) is 11.2 Å². The summed E-state index contributed by atoms with van der Waals surface area (Å²) in [7, 11) is 0. The summed E-state index contributed by atoms with van der Waals surface area (Å²) in [5.74, 6) is 0.249. The molecule has 0 radical (unpaired) electrons. The predicted octanol–water partition coefficient (Wildman–Crippen LogP) is 5.06. The van der Waals surface area contributed by atoms with Crippen LogP contribution in [0.5, 0.6) is 0 Å². The van der Waals surface area contributed by atoms with Gasteiger partial charge in [-0.05, 0) is 30.5 Å². The van der Waals surface area contributed by atoms with Gasteiger partial charge in [0, 0.05) is 11.6 Å². The Morgan fingerprint density at radius 1 is 1.12 bits per heavy atom. The van der Waals surface area contributed by atoms with Crippen LogP contribution in [-0.4, -0.2) is 21.6 Å². The van der Waals surface area contributed by atoms with Crippen LogP contribution in [0.25, 0.3) is 16.9 Å². The number of aryl methyl sites for hydroxylation is 1. The van der Waals surface area contributed by atoms with E-state index in [1.807, 2.05) is 36.4 Å². The molecule has 0 bridgehead atoms. The zero-order valence-electron chi connectivity index (χ0n) is 14.8. The summed E-state index contributed by atoms with van der Waals surface area (Å²) in [6.45, 7) is 2.20. The number of carbonyl (C=O) groups excluding carboxylic acids is 1. The molecule has 5 heteroatoms. The van der Waals surface area contributed by atoms with Crippen molar-refractivity contribution in [3.63, 3.8) is 0 Å². The zero-order valence-corrected chi connectivity index (χ0v) is 15.5. The summed E-state index contributed by atoms with van der Waals surface area (Å²) < 4.78 is 1.73. The molecule has 1 aromatic heterocycles. The van der Waals surface area contributed by atoms with E-state index in [9.17, 15) is 4.79 Å². The second-order valence-electron chi connectivity index (χ2n) is 6.14. The minimum Gasteiger partial charge on any atom is -0.310 e. The Morgan fingerprint density at radius 3 is 2.50 bits per heavy atom. The third-order valence-corrected chi connectivity index (χ3v) is 4.41. The predicted molar refractivity (Wildman–Crippen MR) is 107 cm³/mol. The van der Waals surface area contributed by atoms with Crippen LogP contribution in [0.4, 0.5) is 5.82 Å². The third-order valence-electron chi connectivity index (χ3n) is 4.17. The fraction of sp³-hybridized carbons (Fsp3) is 0.238. The maximum absolute atomic E-state index is 11.8. The number of carbonyl (C=O) groups is 1. The molecular formula is C21H22ClN3O. The Morgan fingerprint density at radius 2 is 1.85 bits per heavy atom. The van der Waals surface area contributed by atoms with Crippen LogP contribution < -0.4 is 5.32 Å². The molecule has 0 atom stereocenters. The van der Waals surface area contributed by atoms with Gasteiger partial charge in [-0.3, -0.25) is 4.79 Å². The van der Waals surface area contributed by atoms with E-state index in [0.29, 0.717) is 5.82 Å². The molecule has 3 aromatic rings. The molecule has 3 rings (SSSR count). The summed E-state index contributed by atoms with van der Waals surface area (Å²) in [6, 6.07) is 20.0. The number of halogens is 1. The number of unbranched alkanes of at least 4 members (excludes halogenated alkanes) is 1. The number of benzene rings is 2. The highest BCUT2D eigenvalue weighted by atomic mass is 35.5. The Kier molecular flexibility index (Phi) is 6.08. The highest BCUT2D eigenvalue weighted by Crippen LogP contribution is 2.25. The van der Waals surface area contributed by atoms with Crippen LogP contribution in [0.1, 0.15) is 25.3 Å². The molecular weight excluding hydrogens is 346 g/mol. The maximum atomic E-state index is 11.8. The molecule has 1 heterocycles. The Labute approximate surface area is 158 Å². The van der Waals surface area contributed by atoms with Gasteiger partial charge in [-0.1, -0.05) is 55.8 Å². The number of anilines is 1. The first-order valence-corrected chi connectivity index (χ1v) is 9.35. The van der Waals surface area contributed by atoms with Crippen molar-refractivity contribution in [3.05, 3.63) is 66.2 Å². The van der Waals surface area contributed by atoms with Crippen molar-refractivity contribution in [2.45, 2.75) is 26.2 Å². The molecule has 1 amide bonds. The summed E-state index contributed by atoms with van der Waals surface area (Å²) in [5, 5.41) is 7.51. The van der Waals surface area contributed by atoms with Crippen LogP contribution in [0.15, 0.2) is 60.7 Å². The number of nitrogens with one attached hydrogen (secondary N) is 1. The molecule has 0 aliphatic carbocycles. The third kappa shape index (κ3) is 4.33. The van der Waals surface area contributed by atoms with E-state index in [-0.39, 0.29) is 11.8 Å². The number of amides is 1. The molecule has 0 aliphatic heterocycles. The molecule has 134 valence electrons. The van der Waals surface area contributed by atoms with Gasteiger partial charge in [-0.15, -0.1) is 11.6 Å². The molecule has 0 aliphatic rings. The molecule has 2 aromatic carbocycles. The van der Waals surface area contributed by atoms with E-state index in [1.165, 1.54) is 18.4 Å².